The zero-order chi connectivity index (χ0) is 18.9. The quantitative estimate of drug-likeness (QED) is 0.455. The van der Waals surface area contributed by atoms with E-state index >= 15 is 0 Å². The first kappa shape index (κ1) is 18.3. The third-order valence-electron chi connectivity index (χ3n) is 3.28. The number of hydrogen-bond acceptors (Lipinski definition) is 4. The summed E-state index contributed by atoms with van der Waals surface area (Å²) in [5.74, 6) is -0.880. The molecule has 0 fully saturated rings. The number of amides is 1. The van der Waals surface area contributed by atoms with Crippen LogP contribution in [-0.2, 0) is 0 Å². The number of benzene rings is 2. The Morgan fingerprint density at radius 3 is 2.50 bits per heavy atom. The standard InChI is InChI=1S/C17H9BrClF2NO4/c18-10-1-6-14-9(7-10)8-13(16(24)25-14)15(23)22-11-2-4-12(5-3-11)26-17(19,20)21/h1-8H,(H,22,23). The molecular formula is C17H9BrClF2NO4. The summed E-state index contributed by atoms with van der Waals surface area (Å²) in [6, 6.07) is 11.5. The molecule has 0 aliphatic heterocycles. The molecule has 26 heavy (non-hydrogen) atoms. The third kappa shape index (κ3) is 4.39. The summed E-state index contributed by atoms with van der Waals surface area (Å²) in [6.07, 6.45) is 0. The lowest BCUT2D eigenvalue weighted by Crippen LogP contribution is -2.20. The average molecular weight is 445 g/mol. The molecule has 9 heteroatoms. The fourth-order valence-electron chi connectivity index (χ4n) is 2.19. The molecule has 0 aliphatic rings. The Bertz CT molecular complexity index is 1030. The van der Waals surface area contributed by atoms with Gasteiger partial charge >= 0.3 is 11.2 Å². The zero-order valence-electron chi connectivity index (χ0n) is 12.8. The lowest BCUT2D eigenvalue weighted by atomic mass is 10.1. The van der Waals surface area contributed by atoms with Crippen LogP contribution in [0.4, 0.5) is 14.5 Å². The van der Waals surface area contributed by atoms with Gasteiger partial charge in [0.05, 0.1) is 0 Å². The highest BCUT2D eigenvalue weighted by atomic mass is 79.9. The van der Waals surface area contributed by atoms with Crippen molar-refractivity contribution in [3.05, 3.63) is 69.0 Å². The smallest absolute Gasteiger partial charge is 0.422 e. The van der Waals surface area contributed by atoms with Crippen LogP contribution in [-0.4, -0.2) is 11.5 Å². The first-order chi connectivity index (χ1) is 12.2. The maximum Gasteiger partial charge on any atom is 0.487 e. The van der Waals surface area contributed by atoms with Crippen LogP contribution in [0.3, 0.4) is 0 Å². The fraction of sp³-hybridized carbons (Fsp3) is 0.0588. The molecule has 0 radical (unpaired) electrons. The largest absolute Gasteiger partial charge is 0.487 e. The number of ether oxygens (including phenoxy) is 1. The van der Waals surface area contributed by atoms with Crippen molar-refractivity contribution in [2.45, 2.75) is 5.57 Å². The molecule has 1 amide bonds. The molecule has 0 spiro atoms. The molecule has 0 bridgehead atoms. The summed E-state index contributed by atoms with van der Waals surface area (Å²) in [5, 5.41) is 3.05. The molecule has 134 valence electrons. The average Bonchev–Trinajstić information content (AvgIpc) is 2.55. The molecule has 3 rings (SSSR count). The fourth-order valence-corrected chi connectivity index (χ4v) is 2.66. The number of carbonyl (C=O) groups excluding carboxylic acids is 1. The number of fused-ring (bicyclic) bond motifs is 1. The van der Waals surface area contributed by atoms with Crippen molar-refractivity contribution in [1.29, 1.82) is 0 Å². The van der Waals surface area contributed by atoms with E-state index in [2.05, 4.69) is 37.6 Å². The molecule has 0 saturated heterocycles. The van der Waals surface area contributed by atoms with E-state index < -0.39 is 17.1 Å². The van der Waals surface area contributed by atoms with Gasteiger partial charge in [0, 0.05) is 27.1 Å². The molecule has 0 aliphatic carbocycles. The van der Waals surface area contributed by atoms with Crippen LogP contribution in [0.5, 0.6) is 5.75 Å². The highest BCUT2D eigenvalue weighted by molar-refractivity contribution is 9.10. The van der Waals surface area contributed by atoms with Gasteiger partial charge in [0.15, 0.2) is 0 Å². The van der Waals surface area contributed by atoms with Crippen LogP contribution >= 0.6 is 27.5 Å². The summed E-state index contributed by atoms with van der Waals surface area (Å²) in [7, 11) is 0. The van der Waals surface area contributed by atoms with Gasteiger partial charge in [0.1, 0.15) is 16.9 Å². The molecule has 0 atom stereocenters. The molecule has 1 aromatic heterocycles. The van der Waals surface area contributed by atoms with E-state index in [-0.39, 0.29) is 17.0 Å². The number of anilines is 1. The van der Waals surface area contributed by atoms with Crippen molar-refractivity contribution >= 4 is 50.1 Å². The van der Waals surface area contributed by atoms with Crippen molar-refractivity contribution in [2.24, 2.45) is 0 Å². The summed E-state index contributed by atoms with van der Waals surface area (Å²) in [4.78, 5) is 24.3. The topological polar surface area (TPSA) is 68.5 Å². The van der Waals surface area contributed by atoms with Crippen molar-refractivity contribution in [2.75, 3.05) is 5.32 Å². The van der Waals surface area contributed by atoms with E-state index in [4.69, 9.17) is 4.42 Å². The van der Waals surface area contributed by atoms with Gasteiger partial charge in [0.2, 0.25) is 0 Å². The SMILES string of the molecule is O=C(Nc1ccc(OC(F)(F)Cl)cc1)c1cc2cc(Br)ccc2oc1=O. The first-order valence-electron chi connectivity index (χ1n) is 7.12. The summed E-state index contributed by atoms with van der Waals surface area (Å²) < 4.78 is 35.2. The number of hydrogen-bond donors (Lipinski definition) is 1. The van der Waals surface area contributed by atoms with Gasteiger partial charge in [-0.15, -0.1) is 8.78 Å². The van der Waals surface area contributed by atoms with Gasteiger partial charge < -0.3 is 14.5 Å². The van der Waals surface area contributed by atoms with E-state index in [0.717, 1.165) is 4.47 Å². The maximum absolute atomic E-state index is 12.6. The highest BCUT2D eigenvalue weighted by Crippen LogP contribution is 2.26. The number of halogens is 4. The van der Waals surface area contributed by atoms with Crippen molar-refractivity contribution < 1.29 is 22.7 Å². The van der Waals surface area contributed by atoms with Crippen molar-refractivity contribution in [3.63, 3.8) is 0 Å². The first-order valence-corrected chi connectivity index (χ1v) is 8.29. The second-order valence-electron chi connectivity index (χ2n) is 5.16. The molecule has 3 aromatic rings. The minimum Gasteiger partial charge on any atom is -0.422 e. The number of carbonyl (C=O) groups is 1. The normalized spacial score (nSPS) is 11.4. The van der Waals surface area contributed by atoms with Gasteiger partial charge in [-0.1, -0.05) is 15.9 Å². The number of nitrogens with one attached hydrogen (secondary N) is 1. The van der Waals surface area contributed by atoms with Gasteiger partial charge in [0.25, 0.3) is 5.91 Å². The van der Waals surface area contributed by atoms with Crippen LogP contribution < -0.4 is 15.7 Å². The Hall–Kier alpha value is -2.45. The van der Waals surface area contributed by atoms with Crippen LogP contribution in [0.1, 0.15) is 10.4 Å². The van der Waals surface area contributed by atoms with E-state index in [1.807, 2.05) is 0 Å². The summed E-state index contributed by atoms with van der Waals surface area (Å²) >= 11 is 7.97. The molecule has 5 nitrogen and oxygen atoms in total. The second-order valence-corrected chi connectivity index (χ2v) is 6.51. The van der Waals surface area contributed by atoms with E-state index in [9.17, 15) is 18.4 Å². The molecular weight excluding hydrogens is 436 g/mol. The Labute approximate surface area is 158 Å². The molecule has 1 N–H and O–H groups in total. The summed E-state index contributed by atoms with van der Waals surface area (Å²) in [6.45, 7) is 0. The molecule has 1 heterocycles. The Kier molecular flexibility index (Phi) is 4.97. The predicted molar refractivity (Wildman–Crippen MR) is 96.0 cm³/mol. The third-order valence-corrected chi connectivity index (χ3v) is 3.86. The monoisotopic (exact) mass is 443 g/mol. The predicted octanol–water partition coefficient (Wildman–Crippen LogP) is 4.98. The lowest BCUT2D eigenvalue weighted by molar-refractivity contribution is -0.0964. The van der Waals surface area contributed by atoms with Crippen molar-refractivity contribution in [3.8, 4) is 5.75 Å². The van der Waals surface area contributed by atoms with Gasteiger partial charge in [-0.05, 0) is 48.5 Å². The van der Waals surface area contributed by atoms with E-state index in [1.54, 1.807) is 18.2 Å². The molecule has 2 aromatic carbocycles. The van der Waals surface area contributed by atoms with Crippen LogP contribution in [0.15, 0.2) is 62.2 Å². The molecule has 0 unspecified atom stereocenters. The van der Waals surface area contributed by atoms with Crippen LogP contribution in [0.25, 0.3) is 11.0 Å². The van der Waals surface area contributed by atoms with Gasteiger partial charge in [-0.2, -0.15) is 0 Å². The maximum atomic E-state index is 12.6. The van der Waals surface area contributed by atoms with E-state index in [0.29, 0.717) is 11.0 Å². The molecule has 0 saturated carbocycles. The Balaban J connectivity index is 1.82. The number of rotatable bonds is 4. The summed E-state index contributed by atoms with van der Waals surface area (Å²) in [5.41, 5.74) is -4.20. The Morgan fingerprint density at radius 1 is 1.15 bits per heavy atom. The van der Waals surface area contributed by atoms with Gasteiger partial charge in [-0.3, -0.25) is 4.79 Å². The lowest BCUT2D eigenvalue weighted by Gasteiger charge is -2.11. The second kappa shape index (κ2) is 7.05. The van der Waals surface area contributed by atoms with Crippen LogP contribution in [0.2, 0.25) is 0 Å². The zero-order valence-corrected chi connectivity index (χ0v) is 15.1. The highest BCUT2D eigenvalue weighted by Gasteiger charge is 2.27. The van der Waals surface area contributed by atoms with Crippen molar-refractivity contribution in [1.82, 2.24) is 0 Å². The Morgan fingerprint density at radius 2 is 1.85 bits per heavy atom. The number of alkyl halides is 3. The minimum absolute atomic E-state index is 0.182. The van der Waals surface area contributed by atoms with Crippen LogP contribution in [0, 0.1) is 0 Å². The van der Waals surface area contributed by atoms with Gasteiger partial charge in [-0.25, -0.2) is 4.79 Å². The van der Waals surface area contributed by atoms with E-state index in [1.165, 1.54) is 30.3 Å². The minimum atomic E-state index is -3.83.